The van der Waals surface area contributed by atoms with Gasteiger partial charge in [0.15, 0.2) is 0 Å². The van der Waals surface area contributed by atoms with Gasteiger partial charge >= 0.3 is 5.97 Å². The highest BCUT2D eigenvalue weighted by Gasteiger charge is 2.33. The van der Waals surface area contributed by atoms with Gasteiger partial charge in [-0.15, -0.1) is 0 Å². The molecule has 1 heterocycles. The van der Waals surface area contributed by atoms with Crippen molar-refractivity contribution in [1.82, 2.24) is 4.90 Å². The first-order valence-corrected chi connectivity index (χ1v) is 9.85. The minimum absolute atomic E-state index is 0.0895. The molecule has 1 N–H and O–H groups in total. The number of amides is 1. The topological polar surface area (TPSA) is 76.1 Å². The van der Waals surface area contributed by atoms with Crippen molar-refractivity contribution in [2.45, 2.75) is 26.7 Å². The molecular formula is C23H27NO5. The van der Waals surface area contributed by atoms with Crippen molar-refractivity contribution in [1.29, 1.82) is 0 Å². The van der Waals surface area contributed by atoms with Gasteiger partial charge in [0.25, 0.3) is 0 Å². The summed E-state index contributed by atoms with van der Waals surface area (Å²) in [7, 11) is 0. The number of nitrogens with zero attached hydrogens (tertiary/aromatic N) is 1. The number of aliphatic carboxylic acids is 1. The van der Waals surface area contributed by atoms with Crippen molar-refractivity contribution in [3.8, 4) is 11.5 Å². The summed E-state index contributed by atoms with van der Waals surface area (Å²) in [4.78, 5) is 24.6. The van der Waals surface area contributed by atoms with Gasteiger partial charge in [-0.3, -0.25) is 9.59 Å². The molecule has 1 aliphatic rings. The van der Waals surface area contributed by atoms with Crippen molar-refractivity contribution in [2.75, 3.05) is 26.3 Å². The van der Waals surface area contributed by atoms with Gasteiger partial charge in [-0.1, -0.05) is 18.2 Å². The van der Waals surface area contributed by atoms with Crippen molar-refractivity contribution < 1.29 is 24.2 Å². The number of benzene rings is 2. The number of carbonyl (C=O) groups is 2. The van der Waals surface area contributed by atoms with E-state index in [4.69, 9.17) is 14.6 Å². The van der Waals surface area contributed by atoms with Crippen molar-refractivity contribution in [2.24, 2.45) is 5.92 Å². The number of rotatable bonds is 9. The Hall–Kier alpha value is -3.02. The minimum atomic E-state index is -0.903. The van der Waals surface area contributed by atoms with Crippen LogP contribution in [0, 0.1) is 19.8 Å². The molecule has 0 aromatic heterocycles. The van der Waals surface area contributed by atoms with Gasteiger partial charge in [-0.05, 0) is 61.2 Å². The molecule has 0 radical (unpaired) electrons. The Kier molecular flexibility index (Phi) is 6.75. The molecule has 2 aromatic rings. The zero-order chi connectivity index (χ0) is 20.8. The number of hydrogen-bond donors (Lipinski definition) is 1. The first kappa shape index (κ1) is 20.7. The van der Waals surface area contributed by atoms with E-state index < -0.39 is 11.9 Å². The van der Waals surface area contributed by atoms with Crippen LogP contribution < -0.4 is 9.47 Å². The third-order valence-corrected chi connectivity index (χ3v) is 5.23. The molecule has 1 fully saturated rings. The van der Waals surface area contributed by atoms with Crippen LogP contribution in [0.3, 0.4) is 0 Å². The Morgan fingerprint density at radius 2 is 1.79 bits per heavy atom. The van der Waals surface area contributed by atoms with Gasteiger partial charge in [-0.2, -0.15) is 0 Å². The largest absolute Gasteiger partial charge is 0.490 e. The first-order valence-electron chi connectivity index (χ1n) is 9.85. The van der Waals surface area contributed by atoms with E-state index in [0.29, 0.717) is 32.7 Å². The third kappa shape index (κ3) is 5.73. The first-order chi connectivity index (χ1) is 13.9. The molecule has 1 saturated heterocycles. The molecule has 0 saturated carbocycles. The maximum absolute atomic E-state index is 11.9. The molecular weight excluding hydrogens is 370 g/mol. The number of aryl methyl sites for hydroxylation is 2. The molecule has 29 heavy (non-hydrogen) atoms. The lowest BCUT2D eigenvalue weighted by molar-refractivity contribution is -0.141. The molecule has 154 valence electrons. The molecule has 1 atom stereocenters. The Bertz CT molecular complexity index is 879. The van der Waals surface area contributed by atoms with Crippen LogP contribution in [0.2, 0.25) is 0 Å². The van der Waals surface area contributed by atoms with Crippen LogP contribution in [0.4, 0.5) is 0 Å². The second kappa shape index (κ2) is 9.45. The summed E-state index contributed by atoms with van der Waals surface area (Å²) >= 11 is 0. The molecule has 2 aromatic carbocycles. The molecule has 0 spiro atoms. The van der Waals surface area contributed by atoms with Crippen LogP contribution in [0.5, 0.6) is 11.5 Å². The maximum Gasteiger partial charge on any atom is 0.308 e. The summed E-state index contributed by atoms with van der Waals surface area (Å²) in [5, 5.41) is 9.07. The van der Waals surface area contributed by atoms with E-state index in [-0.39, 0.29) is 12.3 Å². The second-order valence-electron chi connectivity index (χ2n) is 7.42. The molecule has 1 unspecified atom stereocenters. The molecule has 6 heteroatoms. The van der Waals surface area contributed by atoms with E-state index in [1.54, 1.807) is 4.90 Å². The lowest BCUT2D eigenvalue weighted by Gasteiger charge is -2.16. The zero-order valence-corrected chi connectivity index (χ0v) is 16.9. The van der Waals surface area contributed by atoms with Gasteiger partial charge in [-0.25, -0.2) is 0 Å². The summed E-state index contributed by atoms with van der Waals surface area (Å²) < 4.78 is 11.5. The molecule has 1 amide bonds. The van der Waals surface area contributed by atoms with Gasteiger partial charge in [0, 0.05) is 19.5 Å². The van der Waals surface area contributed by atoms with Gasteiger partial charge in [0.05, 0.1) is 5.92 Å². The number of carboxylic acids is 1. The third-order valence-electron chi connectivity index (χ3n) is 5.23. The Labute approximate surface area is 171 Å². The Morgan fingerprint density at radius 1 is 1.07 bits per heavy atom. The summed E-state index contributed by atoms with van der Waals surface area (Å²) in [6.07, 6.45) is 0.757. The smallest absolute Gasteiger partial charge is 0.308 e. The van der Waals surface area contributed by atoms with Crippen molar-refractivity contribution in [3.63, 3.8) is 0 Å². The minimum Gasteiger partial charge on any atom is -0.490 e. The number of hydrogen-bond acceptors (Lipinski definition) is 4. The van der Waals surface area contributed by atoms with E-state index in [1.807, 2.05) is 42.5 Å². The van der Waals surface area contributed by atoms with Crippen LogP contribution in [0.15, 0.2) is 42.5 Å². The summed E-state index contributed by atoms with van der Waals surface area (Å²) in [5.41, 5.74) is 3.48. The van der Waals surface area contributed by atoms with Gasteiger partial charge < -0.3 is 19.5 Å². The standard InChI is InChI=1S/C23H27NO5/c1-16-6-7-21(12-17(16)2)29-11-10-28-20-5-3-4-18(13-20)8-9-24-15-19(23(26)27)14-22(24)25/h3-7,12-13,19H,8-11,14-15H2,1-2H3,(H,26,27). The van der Waals surface area contributed by atoms with E-state index in [2.05, 4.69) is 13.8 Å². The fourth-order valence-corrected chi connectivity index (χ4v) is 3.33. The van der Waals surface area contributed by atoms with Crippen molar-refractivity contribution in [3.05, 3.63) is 59.2 Å². The van der Waals surface area contributed by atoms with Crippen LogP contribution in [0.1, 0.15) is 23.1 Å². The zero-order valence-electron chi connectivity index (χ0n) is 16.9. The number of likely N-dealkylation sites (tertiary alicyclic amines) is 1. The predicted molar refractivity (Wildman–Crippen MR) is 109 cm³/mol. The quantitative estimate of drug-likeness (QED) is 0.658. The number of ether oxygens (including phenoxy) is 2. The maximum atomic E-state index is 11.9. The molecule has 6 nitrogen and oxygen atoms in total. The van der Waals surface area contributed by atoms with Gasteiger partial charge in [0.1, 0.15) is 24.7 Å². The van der Waals surface area contributed by atoms with E-state index in [9.17, 15) is 9.59 Å². The lowest BCUT2D eigenvalue weighted by atomic mass is 10.1. The second-order valence-corrected chi connectivity index (χ2v) is 7.42. The molecule has 3 rings (SSSR count). The normalized spacial score (nSPS) is 16.1. The van der Waals surface area contributed by atoms with E-state index in [1.165, 1.54) is 11.1 Å². The van der Waals surface area contributed by atoms with Crippen molar-refractivity contribution >= 4 is 11.9 Å². The number of carboxylic acid groups (broad SMARTS) is 1. The predicted octanol–water partition coefficient (Wildman–Crippen LogP) is 3.24. The van der Waals surface area contributed by atoms with E-state index in [0.717, 1.165) is 17.1 Å². The van der Waals surface area contributed by atoms with E-state index >= 15 is 0 Å². The van der Waals surface area contributed by atoms with Crippen LogP contribution in [0.25, 0.3) is 0 Å². The Balaban J connectivity index is 1.44. The highest BCUT2D eigenvalue weighted by atomic mass is 16.5. The summed E-state index contributed by atoms with van der Waals surface area (Å²) in [5.74, 6) is 0.00443. The molecule has 0 aliphatic carbocycles. The fraction of sp³-hybridized carbons (Fsp3) is 0.391. The highest BCUT2D eigenvalue weighted by Crippen LogP contribution is 2.20. The average Bonchev–Trinajstić information content (AvgIpc) is 3.08. The van der Waals surface area contributed by atoms with Crippen LogP contribution >= 0.6 is 0 Å². The lowest BCUT2D eigenvalue weighted by Crippen LogP contribution is -2.28. The molecule has 0 bridgehead atoms. The summed E-state index contributed by atoms with van der Waals surface area (Å²) in [6.45, 7) is 5.82. The Morgan fingerprint density at radius 3 is 2.45 bits per heavy atom. The number of carbonyl (C=O) groups excluding carboxylic acids is 1. The van der Waals surface area contributed by atoms with Crippen LogP contribution in [-0.2, 0) is 16.0 Å². The fourth-order valence-electron chi connectivity index (χ4n) is 3.33. The highest BCUT2D eigenvalue weighted by molar-refractivity contribution is 5.86. The SMILES string of the molecule is Cc1ccc(OCCOc2cccc(CCN3CC(C(=O)O)CC3=O)c2)cc1C. The van der Waals surface area contributed by atoms with Gasteiger partial charge in [0.2, 0.25) is 5.91 Å². The summed E-state index contributed by atoms with van der Waals surface area (Å²) in [6, 6.07) is 13.8. The molecule has 1 aliphatic heterocycles. The van der Waals surface area contributed by atoms with Crippen LogP contribution in [-0.4, -0.2) is 48.2 Å². The average molecular weight is 397 g/mol. The monoisotopic (exact) mass is 397 g/mol.